The standard InChI is InChI=1S/C29H64NO5Si.ClH/c1-4-5-6-7-8-9-10-11-12-13-14-15-16-17-18-19-21-30(2,3)22-20-27-36-35-28-29(33-25-23-31)34-26-24-32;/h29,31-32H,4-28,36H2,1-3H3;1H/q+1;/p-1. The Hall–Kier alpha value is 0.267. The van der Waals surface area contributed by atoms with Crippen molar-refractivity contribution < 1.29 is 41.0 Å². The molecule has 0 rings (SSSR count). The molecule has 0 radical (unpaired) electrons. The fourth-order valence-electron chi connectivity index (χ4n) is 4.64. The molecule has 0 bridgehead atoms. The summed E-state index contributed by atoms with van der Waals surface area (Å²) in [5, 5.41) is 17.8. The van der Waals surface area contributed by atoms with Crippen LogP contribution in [0.1, 0.15) is 116 Å². The summed E-state index contributed by atoms with van der Waals surface area (Å²) in [4.78, 5) is 0. The molecule has 0 atom stereocenters. The van der Waals surface area contributed by atoms with Gasteiger partial charge in [0.1, 0.15) is 0 Å². The van der Waals surface area contributed by atoms with Crippen molar-refractivity contribution in [2.45, 2.75) is 128 Å². The van der Waals surface area contributed by atoms with Crippen LogP contribution in [0.4, 0.5) is 0 Å². The van der Waals surface area contributed by atoms with Crippen LogP contribution in [0.15, 0.2) is 0 Å². The molecule has 0 spiro atoms. The Morgan fingerprint density at radius 2 is 1.03 bits per heavy atom. The topological polar surface area (TPSA) is 68.2 Å². The molecular formula is C29H64ClNO5Si. The summed E-state index contributed by atoms with van der Waals surface area (Å²) in [6, 6.07) is 1.16. The van der Waals surface area contributed by atoms with Gasteiger partial charge in [0.05, 0.1) is 60.2 Å². The molecule has 0 aromatic rings. The van der Waals surface area contributed by atoms with Crippen molar-refractivity contribution in [2.24, 2.45) is 0 Å². The van der Waals surface area contributed by atoms with Crippen molar-refractivity contribution in [3.05, 3.63) is 0 Å². The molecule has 0 aliphatic heterocycles. The molecule has 0 aliphatic carbocycles. The predicted octanol–water partition coefficient (Wildman–Crippen LogP) is 2.58. The number of halogens is 1. The van der Waals surface area contributed by atoms with Crippen LogP contribution < -0.4 is 12.4 Å². The van der Waals surface area contributed by atoms with E-state index >= 15 is 0 Å². The predicted molar refractivity (Wildman–Crippen MR) is 155 cm³/mol. The highest BCUT2D eigenvalue weighted by atomic mass is 35.5. The van der Waals surface area contributed by atoms with E-state index in [-0.39, 0.29) is 38.8 Å². The lowest BCUT2D eigenvalue weighted by Gasteiger charge is -2.30. The number of hydrogen-bond donors (Lipinski definition) is 2. The highest BCUT2D eigenvalue weighted by Gasteiger charge is 2.14. The Balaban J connectivity index is 0. The lowest BCUT2D eigenvalue weighted by molar-refractivity contribution is -0.890. The monoisotopic (exact) mass is 569 g/mol. The first-order valence-electron chi connectivity index (χ1n) is 15.4. The van der Waals surface area contributed by atoms with Crippen molar-refractivity contribution in [3.63, 3.8) is 0 Å². The van der Waals surface area contributed by atoms with Gasteiger partial charge in [0.25, 0.3) is 0 Å². The molecule has 8 heteroatoms. The lowest BCUT2D eigenvalue weighted by atomic mass is 10.0. The number of aliphatic hydroxyl groups excluding tert-OH is 2. The molecule has 2 N–H and O–H groups in total. The van der Waals surface area contributed by atoms with E-state index < -0.39 is 16.1 Å². The largest absolute Gasteiger partial charge is 1.00 e. The van der Waals surface area contributed by atoms with Crippen molar-refractivity contribution in [3.8, 4) is 0 Å². The highest BCUT2D eigenvalue weighted by molar-refractivity contribution is 6.26. The second-order valence-electron chi connectivity index (χ2n) is 11.1. The maximum absolute atomic E-state index is 8.88. The quantitative estimate of drug-likeness (QED) is 0.0602. The van der Waals surface area contributed by atoms with Crippen LogP contribution in [0.25, 0.3) is 0 Å². The number of aliphatic hydroxyl groups is 2. The normalized spacial score (nSPS) is 12.2. The zero-order valence-corrected chi connectivity index (χ0v) is 27.1. The van der Waals surface area contributed by atoms with Gasteiger partial charge in [-0.25, -0.2) is 0 Å². The molecule has 0 saturated carbocycles. The van der Waals surface area contributed by atoms with E-state index in [9.17, 15) is 0 Å². The van der Waals surface area contributed by atoms with Crippen LogP contribution in [0.2, 0.25) is 6.04 Å². The third-order valence-corrected chi connectivity index (χ3v) is 8.28. The average Bonchev–Trinajstić information content (AvgIpc) is 2.86. The summed E-state index contributed by atoms with van der Waals surface area (Å²) in [5.74, 6) is 0. The third kappa shape index (κ3) is 30.7. The summed E-state index contributed by atoms with van der Waals surface area (Å²) in [6.07, 6.45) is 23.5. The minimum absolute atomic E-state index is 0. The molecule has 226 valence electrons. The Morgan fingerprint density at radius 3 is 1.46 bits per heavy atom. The first-order valence-corrected chi connectivity index (χ1v) is 17.0. The maximum Gasteiger partial charge on any atom is 0.179 e. The molecule has 0 aliphatic rings. The minimum atomic E-state index is -0.591. The van der Waals surface area contributed by atoms with E-state index in [4.69, 9.17) is 24.1 Å². The van der Waals surface area contributed by atoms with Crippen LogP contribution in [0.5, 0.6) is 0 Å². The van der Waals surface area contributed by atoms with E-state index in [0.717, 1.165) is 10.5 Å². The smallest absolute Gasteiger partial charge is 0.179 e. The van der Waals surface area contributed by atoms with Crippen LogP contribution in [-0.4, -0.2) is 91.0 Å². The van der Waals surface area contributed by atoms with Gasteiger partial charge in [0.2, 0.25) is 0 Å². The van der Waals surface area contributed by atoms with Gasteiger partial charge in [-0.05, 0) is 25.3 Å². The number of unbranched alkanes of at least 4 members (excludes halogenated alkanes) is 15. The summed E-state index contributed by atoms with van der Waals surface area (Å²) in [5.41, 5.74) is 0. The van der Waals surface area contributed by atoms with Gasteiger partial charge in [-0.2, -0.15) is 0 Å². The van der Waals surface area contributed by atoms with Crippen LogP contribution >= 0.6 is 0 Å². The number of hydrogen-bond acceptors (Lipinski definition) is 5. The molecule has 37 heavy (non-hydrogen) atoms. The van der Waals surface area contributed by atoms with Gasteiger partial charge < -0.3 is 41.0 Å². The lowest BCUT2D eigenvalue weighted by Crippen LogP contribution is -3.00. The summed E-state index contributed by atoms with van der Waals surface area (Å²) in [6.45, 7) is 5.54. The van der Waals surface area contributed by atoms with Gasteiger partial charge >= 0.3 is 0 Å². The van der Waals surface area contributed by atoms with E-state index in [0.29, 0.717) is 6.61 Å². The number of nitrogens with zero attached hydrogens (tertiary/aromatic N) is 1. The van der Waals surface area contributed by atoms with Gasteiger partial charge in [-0.3, -0.25) is 0 Å². The Kier molecular flexibility index (Phi) is 32.8. The van der Waals surface area contributed by atoms with E-state index in [1.165, 1.54) is 122 Å². The van der Waals surface area contributed by atoms with Crippen LogP contribution in [0, 0.1) is 0 Å². The average molecular weight is 570 g/mol. The molecule has 6 nitrogen and oxygen atoms in total. The third-order valence-electron chi connectivity index (χ3n) is 6.96. The van der Waals surface area contributed by atoms with E-state index in [1.807, 2.05) is 0 Å². The van der Waals surface area contributed by atoms with Gasteiger partial charge in [-0.1, -0.05) is 96.8 Å². The Bertz CT molecular complexity index is 427. The molecule has 0 aromatic carbocycles. The molecule has 0 unspecified atom stereocenters. The summed E-state index contributed by atoms with van der Waals surface area (Å²) < 4.78 is 17.7. The molecule has 0 amide bonds. The molecule has 0 aromatic heterocycles. The fraction of sp³-hybridized carbons (Fsp3) is 1.00. The van der Waals surface area contributed by atoms with Gasteiger partial charge in [0.15, 0.2) is 16.1 Å². The fourth-order valence-corrected chi connectivity index (χ4v) is 5.63. The van der Waals surface area contributed by atoms with E-state index in [1.54, 1.807) is 0 Å². The first kappa shape index (κ1) is 39.4. The molecular weight excluding hydrogens is 506 g/mol. The molecule has 0 saturated heterocycles. The van der Waals surface area contributed by atoms with Gasteiger partial charge in [-0.15, -0.1) is 0 Å². The van der Waals surface area contributed by atoms with Crippen LogP contribution in [0.3, 0.4) is 0 Å². The Morgan fingerprint density at radius 1 is 0.622 bits per heavy atom. The zero-order valence-electron chi connectivity index (χ0n) is 24.9. The minimum Gasteiger partial charge on any atom is -1.00 e. The number of rotatable bonds is 30. The Labute approximate surface area is 239 Å². The molecule has 0 heterocycles. The maximum atomic E-state index is 8.88. The van der Waals surface area contributed by atoms with Gasteiger partial charge in [0, 0.05) is 0 Å². The summed E-state index contributed by atoms with van der Waals surface area (Å²) >= 11 is 0. The first-order chi connectivity index (χ1) is 17.6. The van der Waals surface area contributed by atoms with Crippen molar-refractivity contribution in [2.75, 3.05) is 60.2 Å². The zero-order chi connectivity index (χ0) is 26.6. The van der Waals surface area contributed by atoms with Crippen molar-refractivity contribution in [1.82, 2.24) is 0 Å². The van der Waals surface area contributed by atoms with Crippen LogP contribution in [-0.2, 0) is 13.9 Å². The second kappa shape index (κ2) is 30.8. The van der Waals surface area contributed by atoms with Crippen molar-refractivity contribution >= 4 is 9.76 Å². The van der Waals surface area contributed by atoms with E-state index in [2.05, 4.69) is 21.0 Å². The highest BCUT2D eigenvalue weighted by Crippen LogP contribution is 2.14. The van der Waals surface area contributed by atoms with Crippen molar-refractivity contribution in [1.29, 1.82) is 0 Å². The SMILES string of the molecule is CCCCCCCCCCCCCCCCCC[N+](C)(C)CCC[SiH2]OCC(OCCO)OCCO.[Cl-]. The number of quaternary nitrogens is 1. The second-order valence-corrected chi connectivity index (χ2v) is 12.6. The number of ether oxygens (including phenoxy) is 2. The molecule has 0 fully saturated rings. The summed E-state index contributed by atoms with van der Waals surface area (Å²) in [7, 11) is 4.12.